The summed E-state index contributed by atoms with van der Waals surface area (Å²) in [6, 6.07) is 0.292. The number of thiazole rings is 1. The van der Waals surface area contributed by atoms with E-state index in [1.54, 1.807) is 16.2 Å². The number of thioether (sulfide) groups is 1. The number of halogens is 1. The minimum Gasteiger partial charge on any atom is -0.457 e. The number of esters is 1. The molecule has 11 heteroatoms. The number of fused-ring (bicyclic) bond motifs is 1. The van der Waals surface area contributed by atoms with E-state index in [4.69, 9.17) is 13.9 Å². The fraction of sp³-hybridized carbons (Fsp3) is 0.500. The van der Waals surface area contributed by atoms with Crippen LogP contribution >= 0.6 is 53.5 Å². The van der Waals surface area contributed by atoms with Gasteiger partial charge in [-0.25, -0.2) is 9.78 Å². The third-order valence-electron chi connectivity index (χ3n) is 6.16. The normalized spacial score (nSPS) is 27.7. The second-order valence-electron chi connectivity index (χ2n) is 8.32. The monoisotopic (exact) mass is 619 g/mol. The van der Waals surface area contributed by atoms with Gasteiger partial charge in [-0.2, -0.15) is 0 Å². The average molecular weight is 620 g/mol. The van der Waals surface area contributed by atoms with Crippen LogP contribution in [0.3, 0.4) is 0 Å². The summed E-state index contributed by atoms with van der Waals surface area (Å²) in [6.45, 7) is 10.7. The van der Waals surface area contributed by atoms with Crippen molar-refractivity contribution in [2.45, 2.75) is 49.7 Å². The molecule has 178 valence electrons. The van der Waals surface area contributed by atoms with Crippen LogP contribution in [0, 0.1) is 11.8 Å². The standard InChI is InChI=1S/C22H26IN3O4S3/c1-5-8-29-21(28)18-19(12(3)17-16(13(4)30-33-23)20(27)26(17)18)32-22-25-15(10-31-22)14-6-7-24-11(2)9-14/h5-6,10-13,16-17,24H,1,7-9H2,2-4H3/t11-,12-,13-,16-,17?/m1/s1. The van der Waals surface area contributed by atoms with Crippen LogP contribution < -0.4 is 5.32 Å². The zero-order chi connectivity index (χ0) is 23.7. The lowest BCUT2D eigenvalue weighted by Crippen LogP contribution is -2.63. The van der Waals surface area contributed by atoms with Gasteiger partial charge in [0.25, 0.3) is 0 Å². The lowest BCUT2D eigenvalue weighted by molar-refractivity contribution is -0.162. The van der Waals surface area contributed by atoms with Crippen molar-refractivity contribution < 1.29 is 18.5 Å². The van der Waals surface area contributed by atoms with Crippen LogP contribution in [0.25, 0.3) is 5.57 Å². The van der Waals surface area contributed by atoms with E-state index in [9.17, 15) is 9.59 Å². The van der Waals surface area contributed by atoms with E-state index in [1.165, 1.54) is 32.6 Å². The number of carbonyl (C=O) groups is 2. The van der Waals surface area contributed by atoms with Gasteiger partial charge in [0, 0.05) is 50.0 Å². The highest BCUT2D eigenvalue weighted by molar-refractivity contribution is 14.2. The van der Waals surface area contributed by atoms with Gasteiger partial charge in [-0.3, -0.25) is 4.79 Å². The minimum atomic E-state index is -0.498. The Bertz CT molecular complexity index is 1010. The molecule has 1 unspecified atom stereocenters. The molecule has 0 aliphatic carbocycles. The van der Waals surface area contributed by atoms with E-state index in [0.29, 0.717) is 11.7 Å². The molecule has 0 spiro atoms. The zero-order valence-corrected chi connectivity index (χ0v) is 23.2. The maximum absolute atomic E-state index is 13.1. The molecule has 0 radical (unpaired) electrons. The van der Waals surface area contributed by atoms with E-state index >= 15 is 0 Å². The molecule has 1 N–H and O–H groups in total. The van der Waals surface area contributed by atoms with Gasteiger partial charge in [-0.1, -0.05) is 37.4 Å². The van der Waals surface area contributed by atoms with E-state index < -0.39 is 5.97 Å². The largest absolute Gasteiger partial charge is 0.457 e. The molecule has 1 aromatic heterocycles. The van der Waals surface area contributed by atoms with Crippen molar-refractivity contribution in [1.82, 2.24) is 15.2 Å². The van der Waals surface area contributed by atoms with Gasteiger partial charge in [0.2, 0.25) is 5.91 Å². The predicted molar refractivity (Wildman–Crippen MR) is 142 cm³/mol. The molecule has 4 heterocycles. The molecule has 1 aromatic rings. The fourth-order valence-electron chi connectivity index (χ4n) is 4.58. The maximum Gasteiger partial charge on any atom is 0.356 e. The Morgan fingerprint density at radius 2 is 2.30 bits per heavy atom. The highest BCUT2D eigenvalue weighted by Gasteiger charge is 2.61. The third kappa shape index (κ3) is 4.94. The van der Waals surface area contributed by atoms with E-state index in [-0.39, 0.29) is 36.5 Å². The molecule has 0 bridgehead atoms. The molecule has 1 amide bonds. The summed E-state index contributed by atoms with van der Waals surface area (Å²) in [5.74, 6) is -0.919. The van der Waals surface area contributed by atoms with Gasteiger partial charge in [0.15, 0.2) is 4.34 Å². The summed E-state index contributed by atoms with van der Waals surface area (Å²) in [5.41, 5.74) is 2.56. The van der Waals surface area contributed by atoms with Gasteiger partial charge in [-0.15, -0.1) is 11.3 Å². The smallest absolute Gasteiger partial charge is 0.356 e. The first-order valence-electron chi connectivity index (χ1n) is 10.7. The average Bonchev–Trinajstić information content (AvgIpc) is 3.34. The summed E-state index contributed by atoms with van der Waals surface area (Å²) in [7, 11) is 1.22. The van der Waals surface area contributed by atoms with E-state index in [2.05, 4.69) is 58.4 Å². The van der Waals surface area contributed by atoms with Crippen LogP contribution in [0.15, 0.2) is 39.1 Å². The lowest BCUT2D eigenvalue weighted by atomic mass is 9.79. The molecule has 1 fully saturated rings. The third-order valence-corrected chi connectivity index (χ3v) is 9.38. The molecule has 7 nitrogen and oxygen atoms in total. The first-order chi connectivity index (χ1) is 15.9. The maximum atomic E-state index is 13.1. The van der Waals surface area contributed by atoms with Crippen molar-refractivity contribution >= 4 is 71.0 Å². The highest BCUT2D eigenvalue weighted by atomic mass is 127. The van der Waals surface area contributed by atoms with Crippen molar-refractivity contribution in [3.8, 4) is 0 Å². The van der Waals surface area contributed by atoms with Crippen molar-refractivity contribution in [2.75, 3.05) is 13.2 Å². The summed E-state index contributed by atoms with van der Waals surface area (Å²) < 4.78 is 11.9. The summed E-state index contributed by atoms with van der Waals surface area (Å²) in [6.07, 6.45) is 4.39. The molecule has 3 aliphatic rings. The van der Waals surface area contributed by atoms with Crippen LogP contribution in [-0.2, 0) is 18.5 Å². The van der Waals surface area contributed by atoms with Gasteiger partial charge in [0.1, 0.15) is 12.3 Å². The molecule has 0 aromatic carbocycles. The van der Waals surface area contributed by atoms with Gasteiger partial charge < -0.3 is 19.1 Å². The molecule has 5 atom stereocenters. The Balaban J connectivity index is 1.61. The number of ether oxygens (including phenoxy) is 1. The molecule has 4 rings (SSSR count). The predicted octanol–water partition coefficient (Wildman–Crippen LogP) is 4.82. The molecular weight excluding hydrogens is 593 g/mol. The van der Waals surface area contributed by atoms with E-state index in [1.807, 2.05) is 6.92 Å². The van der Waals surface area contributed by atoms with Crippen LogP contribution in [0.1, 0.15) is 32.9 Å². The number of aromatic nitrogens is 1. The summed E-state index contributed by atoms with van der Waals surface area (Å²) >= 11 is 5.08. The van der Waals surface area contributed by atoms with Gasteiger partial charge >= 0.3 is 5.97 Å². The Hall–Kier alpha value is -0.860. The SMILES string of the molecule is C=CCOC(=O)C1=C(Sc2nc(C3=CCN[C@H](C)C3)cs2)[C@H](C)C2[C@@H]([C@@H](C)OSI)C(=O)N12. The Morgan fingerprint density at radius 1 is 1.52 bits per heavy atom. The topological polar surface area (TPSA) is 80.8 Å². The van der Waals surface area contributed by atoms with Gasteiger partial charge in [-0.05, 0) is 25.8 Å². The number of nitrogens with zero attached hydrogens (tertiary/aromatic N) is 2. The van der Waals surface area contributed by atoms with Crippen molar-refractivity contribution in [2.24, 2.45) is 11.8 Å². The second-order valence-corrected chi connectivity index (χ2v) is 11.9. The number of hydrogen-bond donors (Lipinski definition) is 1. The highest BCUT2D eigenvalue weighted by Crippen LogP contribution is 2.53. The van der Waals surface area contributed by atoms with Gasteiger partial charge in [0.05, 0.1) is 33.0 Å². The van der Waals surface area contributed by atoms with Crippen LogP contribution in [0.4, 0.5) is 0 Å². The molecule has 33 heavy (non-hydrogen) atoms. The van der Waals surface area contributed by atoms with Crippen molar-refractivity contribution in [3.05, 3.63) is 40.4 Å². The Morgan fingerprint density at radius 3 is 3.00 bits per heavy atom. The quantitative estimate of drug-likeness (QED) is 0.139. The number of nitrogens with one attached hydrogen (secondary N) is 1. The van der Waals surface area contributed by atoms with Crippen molar-refractivity contribution in [3.63, 3.8) is 0 Å². The fourth-order valence-corrected chi connectivity index (χ4v) is 7.90. The number of amides is 1. The number of rotatable bonds is 9. The van der Waals surface area contributed by atoms with Crippen molar-refractivity contribution in [1.29, 1.82) is 0 Å². The first-order valence-corrected chi connectivity index (χ1v) is 15.7. The van der Waals surface area contributed by atoms with Crippen LogP contribution in [-0.4, -0.2) is 53.1 Å². The van der Waals surface area contributed by atoms with Crippen LogP contribution in [0.5, 0.6) is 0 Å². The number of carbonyl (C=O) groups excluding carboxylic acids is 2. The number of hydrogen-bond acceptors (Lipinski definition) is 9. The molecular formula is C22H26IN3O4S3. The molecule has 0 saturated carbocycles. The van der Waals surface area contributed by atoms with Crippen LogP contribution in [0.2, 0.25) is 0 Å². The Labute approximate surface area is 218 Å². The lowest BCUT2D eigenvalue weighted by Gasteiger charge is -2.47. The summed E-state index contributed by atoms with van der Waals surface area (Å²) in [4.78, 5) is 33.3. The minimum absolute atomic E-state index is 0.0280. The summed E-state index contributed by atoms with van der Waals surface area (Å²) in [5, 5.41) is 5.48. The first kappa shape index (κ1) is 25.2. The second kappa shape index (κ2) is 10.8. The molecule has 3 aliphatic heterocycles. The van der Waals surface area contributed by atoms with E-state index in [0.717, 1.165) is 27.9 Å². The molecule has 1 saturated heterocycles. The number of β-lactam (4-membered cyclic amide) rings is 1. The Kier molecular flexibility index (Phi) is 8.27. The zero-order valence-electron chi connectivity index (χ0n) is 18.6.